The molecular weight excluding hydrogens is 266 g/mol. The van der Waals surface area contributed by atoms with Crippen LogP contribution in [0.15, 0.2) is 35.6 Å². The molecule has 1 aromatic heterocycles. The van der Waals surface area contributed by atoms with Crippen LogP contribution in [-0.4, -0.2) is 10.1 Å². The Morgan fingerprint density at radius 3 is 3.00 bits per heavy atom. The zero-order chi connectivity index (χ0) is 13.0. The molecule has 0 spiro atoms. The molecule has 1 heterocycles. The standard InChI is InChI=1S/C11H7N5S2/c12-5-7(6-14-11(17)16-13)10-15-8-3-1-2-4-9(8)18-10/h1-4,6,13H,(H,14,17)/b7-6-,16-13?. The van der Waals surface area contributed by atoms with Crippen LogP contribution in [-0.2, 0) is 0 Å². The fourth-order valence-electron chi connectivity index (χ4n) is 1.30. The van der Waals surface area contributed by atoms with Crippen LogP contribution in [0.25, 0.3) is 15.8 Å². The van der Waals surface area contributed by atoms with Crippen LogP contribution in [0, 0.1) is 16.9 Å². The number of nitrogens with one attached hydrogen (secondary N) is 2. The Bertz CT molecular complexity index is 647. The zero-order valence-electron chi connectivity index (χ0n) is 9.04. The molecule has 5 nitrogen and oxygen atoms in total. The quantitative estimate of drug-likeness (QED) is 0.500. The minimum absolute atomic E-state index is 0.00358. The largest absolute Gasteiger partial charge is 0.335 e. The van der Waals surface area contributed by atoms with Crippen molar-refractivity contribution in [2.45, 2.75) is 0 Å². The van der Waals surface area contributed by atoms with Crippen molar-refractivity contribution in [2.24, 2.45) is 5.11 Å². The second kappa shape index (κ2) is 5.44. The molecule has 0 aliphatic heterocycles. The number of rotatable bonds is 2. The van der Waals surface area contributed by atoms with E-state index < -0.39 is 0 Å². The van der Waals surface area contributed by atoms with E-state index in [1.165, 1.54) is 17.5 Å². The molecule has 0 saturated carbocycles. The summed E-state index contributed by atoms with van der Waals surface area (Å²) in [6.45, 7) is 0. The predicted octanol–water partition coefficient (Wildman–Crippen LogP) is 3.07. The molecule has 18 heavy (non-hydrogen) atoms. The van der Waals surface area contributed by atoms with E-state index in [9.17, 15) is 0 Å². The van der Waals surface area contributed by atoms with Crippen molar-refractivity contribution in [3.05, 3.63) is 35.5 Å². The second-order valence-electron chi connectivity index (χ2n) is 3.22. The fourth-order valence-corrected chi connectivity index (χ4v) is 2.29. The number of benzene rings is 1. The minimum Gasteiger partial charge on any atom is -0.335 e. The summed E-state index contributed by atoms with van der Waals surface area (Å²) in [5.41, 5.74) is 7.91. The van der Waals surface area contributed by atoms with Crippen LogP contribution in [0.5, 0.6) is 0 Å². The van der Waals surface area contributed by atoms with E-state index in [1.54, 1.807) is 0 Å². The molecule has 0 amide bonds. The van der Waals surface area contributed by atoms with Crippen molar-refractivity contribution in [2.75, 3.05) is 0 Å². The lowest BCUT2D eigenvalue weighted by Crippen LogP contribution is -2.11. The third-order valence-electron chi connectivity index (χ3n) is 2.09. The second-order valence-corrected chi connectivity index (χ2v) is 4.64. The first-order chi connectivity index (χ1) is 8.74. The normalized spacial score (nSPS) is 10.9. The molecule has 0 fully saturated rings. The molecule has 1 aromatic carbocycles. The molecule has 0 aliphatic carbocycles. The molecule has 0 atom stereocenters. The summed E-state index contributed by atoms with van der Waals surface area (Å²) in [4.78, 5) is 4.35. The molecule has 88 valence electrons. The monoisotopic (exact) mass is 273 g/mol. The predicted molar refractivity (Wildman–Crippen MR) is 74.1 cm³/mol. The Labute approximate surface area is 112 Å². The van der Waals surface area contributed by atoms with Gasteiger partial charge in [0.2, 0.25) is 5.11 Å². The van der Waals surface area contributed by atoms with Crippen LogP contribution < -0.4 is 5.32 Å². The molecule has 0 saturated heterocycles. The van der Waals surface area contributed by atoms with Gasteiger partial charge in [0.25, 0.3) is 0 Å². The summed E-state index contributed by atoms with van der Waals surface area (Å²) >= 11 is 6.13. The highest BCUT2D eigenvalue weighted by atomic mass is 32.1. The van der Waals surface area contributed by atoms with E-state index in [4.69, 9.17) is 23.0 Å². The Balaban J connectivity index is 2.36. The van der Waals surface area contributed by atoms with Gasteiger partial charge in [0.1, 0.15) is 16.6 Å². The van der Waals surface area contributed by atoms with Gasteiger partial charge >= 0.3 is 0 Å². The van der Waals surface area contributed by atoms with E-state index in [0.717, 1.165) is 10.2 Å². The first kappa shape index (κ1) is 12.3. The molecule has 2 aromatic rings. The maximum Gasteiger partial charge on any atom is 0.217 e. The van der Waals surface area contributed by atoms with Crippen molar-refractivity contribution < 1.29 is 0 Å². The lowest BCUT2D eigenvalue weighted by molar-refractivity contribution is 1.13. The van der Waals surface area contributed by atoms with Gasteiger partial charge in [-0.05, 0) is 24.4 Å². The number of nitriles is 1. The van der Waals surface area contributed by atoms with Crippen molar-refractivity contribution in [1.82, 2.24) is 10.3 Å². The summed E-state index contributed by atoms with van der Waals surface area (Å²) in [6.07, 6.45) is 1.41. The molecule has 0 radical (unpaired) electrons. The third-order valence-corrected chi connectivity index (χ3v) is 3.37. The number of aromatic nitrogens is 1. The van der Waals surface area contributed by atoms with Gasteiger partial charge in [0.05, 0.1) is 10.2 Å². The molecule has 0 bridgehead atoms. The number of hydrogen-bond acceptors (Lipinski definition) is 5. The number of fused-ring (bicyclic) bond motifs is 1. The number of allylic oxidation sites excluding steroid dienone is 1. The van der Waals surface area contributed by atoms with E-state index in [0.29, 0.717) is 10.6 Å². The van der Waals surface area contributed by atoms with Crippen molar-refractivity contribution >= 4 is 44.5 Å². The van der Waals surface area contributed by atoms with Crippen LogP contribution in [0.4, 0.5) is 0 Å². The van der Waals surface area contributed by atoms with Gasteiger partial charge < -0.3 is 5.32 Å². The zero-order valence-corrected chi connectivity index (χ0v) is 10.7. The van der Waals surface area contributed by atoms with E-state index in [2.05, 4.69) is 15.4 Å². The molecule has 0 aliphatic rings. The lowest BCUT2D eigenvalue weighted by Gasteiger charge is -1.95. The fraction of sp³-hybridized carbons (Fsp3) is 0. The summed E-state index contributed by atoms with van der Waals surface area (Å²) in [7, 11) is 0. The Kier molecular flexibility index (Phi) is 3.72. The van der Waals surface area contributed by atoms with Crippen LogP contribution in [0.2, 0.25) is 0 Å². The Morgan fingerprint density at radius 2 is 2.33 bits per heavy atom. The van der Waals surface area contributed by atoms with Gasteiger partial charge in [-0.1, -0.05) is 12.1 Å². The van der Waals surface area contributed by atoms with Gasteiger partial charge in [-0.2, -0.15) is 5.26 Å². The van der Waals surface area contributed by atoms with Gasteiger partial charge in [0, 0.05) is 6.20 Å². The van der Waals surface area contributed by atoms with E-state index in [-0.39, 0.29) is 5.11 Å². The average molecular weight is 273 g/mol. The number of nitrogens with zero attached hydrogens (tertiary/aromatic N) is 3. The van der Waals surface area contributed by atoms with Crippen LogP contribution >= 0.6 is 23.6 Å². The highest BCUT2D eigenvalue weighted by Gasteiger charge is 2.08. The number of para-hydroxylation sites is 1. The average Bonchev–Trinajstić information content (AvgIpc) is 2.82. The lowest BCUT2D eigenvalue weighted by atomic mass is 10.3. The van der Waals surface area contributed by atoms with Gasteiger partial charge in [-0.15, -0.1) is 16.5 Å². The maximum atomic E-state index is 9.08. The Morgan fingerprint density at radius 1 is 1.56 bits per heavy atom. The van der Waals surface area contributed by atoms with Crippen LogP contribution in [0.3, 0.4) is 0 Å². The van der Waals surface area contributed by atoms with Gasteiger partial charge in [-0.25, -0.2) is 10.5 Å². The maximum absolute atomic E-state index is 9.08. The number of thiocarbonyl (C=S) groups is 1. The van der Waals surface area contributed by atoms with Crippen molar-refractivity contribution in [3.63, 3.8) is 0 Å². The van der Waals surface area contributed by atoms with Gasteiger partial charge in [-0.3, -0.25) is 0 Å². The topological polar surface area (TPSA) is 84.9 Å². The number of hydrogen-bond donors (Lipinski definition) is 2. The molecular formula is C11H7N5S2. The summed E-state index contributed by atoms with van der Waals surface area (Å²) in [5.74, 6) is 0. The molecule has 2 N–H and O–H groups in total. The molecule has 2 rings (SSSR count). The van der Waals surface area contributed by atoms with Crippen molar-refractivity contribution in [1.29, 1.82) is 10.8 Å². The van der Waals surface area contributed by atoms with Gasteiger partial charge in [0.15, 0.2) is 0 Å². The summed E-state index contributed by atoms with van der Waals surface area (Å²) < 4.78 is 1.02. The van der Waals surface area contributed by atoms with Crippen molar-refractivity contribution in [3.8, 4) is 6.07 Å². The summed E-state index contributed by atoms with van der Waals surface area (Å²) in [5, 5.41) is 15.3. The smallest absolute Gasteiger partial charge is 0.217 e. The van der Waals surface area contributed by atoms with Crippen LogP contribution in [0.1, 0.15) is 5.01 Å². The highest BCUT2D eigenvalue weighted by Crippen LogP contribution is 2.26. The first-order valence-corrected chi connectivity index (χ1v) is 6.11. The van der Waals surface area contributed by atoms with E-state index >= 15 is 0 Å². The minimum atomic E-state index is 0.00358. The summed E-state index contributed by atoms with van der Waals surface area (Å²) in [6, 6.07) is 9.70. The first-order valence-electron chi connectivity index (χ1n) is 4.89. The highest BCUT2D eigenvalue weighted by molar-refractivity contribution is 7.80. The molecule has 0 unspecified atom stereocenters. The van der Waals surface area contributed by atoms with E-state index in [1.807, 2.05) is 30.3 Å². The SMILES string of the molecule is N#C/C(=C/NC(=S)N=N)c1nc2ccccc2s1. The third kappa shape index (κ3) is 2.56. The number of thiazole rings is 1. The molecule has 7 heteroatoms. The Hall–Kier alpha value is -2.17.